The van der Waals surface area contributed by atoms with Crippen molar-refractivity contribution in [2.45, 2.75) is 26.3 Å². The summed E-state index contributed by atoms with van der Waals surface area (Å²) >= 11 is 0. The van der Waals surface area contributed by atoms with E-state index in [1.807, 2.05) is 30.3 Å². The van der Waals surface area contributed by atoms with Crippen LogP contribution in [0.15, 0.2) is 47.5 Å². The highest BCUT2D eigenvalue weighted by Crippen LogP contribution is 2.13. The molecule has 1 aliphatic rings. The number of anilines is 1. The maximum Gasteiger partial charge on any atom is 0.225 e. The lowest BCUT2D eigenvalue weighted by molar-refractivity contribution is 0.248. The first-order valence-electron chi connectivity index (χ1n) is 8.51. The van der Waals surface area contributed by atoms with E-state index in [9.17, 15) is 4.79 Å². The molecule has 0 bridgehead atoms. The molecule has 2 heterocycles. The minimum atomic E-state index is 0.184. The van der Waals surface area contributed by atoms with Crippen LogP contribution in [-0.4, -0.2) is 41.0 Å². The Labute approximate surface area is 143 Å². The summed E-state index contributed by atoms with van der Waals surface area (Å²) in [4.78, 5) is 25.9. The van der Waals surface area contributed by atoms with Gasteiger partial charge in [-0.15, -0.1) is 0 Å². The van der Waals surface area contributed by atoms with Crippen LogP contribution in [0.3, 0.4) is 0 Å². The van der Waals surface area contributed by atoms with E-state index >= 15 is 0 Å². The molecule has 24 heavy (non-hydrogen) atoms. The Balaban J connectivity index is 1.68. The SMILES string of the molecule is CC(C)c1ccccc(CN2CCN(c3ncccn3)CC2)c1=O. The zero-order chi connectivity index (χ0) is 16.9. The molecule has 0 radical (unpaired) electrons. The van der Waals surface area contributed by atoms with E-state index in [0.29, 0.717) is 6.54 Å². The molecule has 0 spiro atoms. The molecule has 1 fully saturated rings. The summed E-state index contributed by atoms with van der Waals surface area (Å²) in [5.41, 5.74) is 1.96. The minimum Gasteiger partial charge on any atom is -0.338 e. The first-order valence-corrected chi connectivity index (χ1v) is 8.51. The second-order valence-corrected chi connectivity index (χ2v) is 6.49. The fraction of sp³-hybridized carbons (Fsp3) is 0.421. The zero-order valence-electron chi connectivity index (χ0n) is 14.4. The van der Waals surface area contributed by atoms with Crippen LogP contribution in [0, 0.1) is 0 Å². The lowest BCUT2D eigenvalue weighted by Crippen LogP contribution is -2.47. The van der Waals surface area contributed by atoms with Crippen LogP contribution in [0.2, 0.25) is 0 Å². The van der Waals surface area contributed by atoms with Crippen molar-refractivity contribution in [3.8, 4) is 0 Å². The lowest BCUT2D eigenvalue weighted by atomic mass is 10.0. The molecule has 0 saturated carbocycles. The second-order valence-electron chi connectivity index (χ2n) is 6.49. The maximum absolute atomic E-state index is 12.7. The molecule has 0 N–H and O–H groups in total. The third-order valence-electron chi connectivity index (χ3n) is 4.46. The van der Waals surface area contributed by atoms with E-state index in [-0.39, 0.29) is 11.3 Å². The van der Waals surface area contributed by atoms with Crippen LogP contribution in [0.1, 0.15) is 30.9 Å². The van der Waals surface area contributed by atoms with Crippen LogP contribution in [-0.2, 0) is 6.54 Å². The van der Waals surface area contributed by atoms with Gasteiger partial charge in [0.2, 0.25) is 5.95 Å². The number of aromatic nitrogens is 2. The summed E-state index contributed by atoms with van der Waals surface area (Å²) in [6.07, 6.45) is 3.55. The Morgan fingerprint density at radius 2 is 1.67 bits per heavy atom. The average Bonchev–Trinajstić information content (AvgIpc) is 2.78. The van der Waals surface area contributed by atoms with Crippen molar-refractivity contribution in [1.29, 1.82) is 0 Å². The van der Waals surface area contributed by atoms with Crippen LogP contribution < -0.4 is 10.3 Å². The van der Waals surface area contributed by atoms with Crippen molar-refractivity contribution >= 4 is 5.95 Å². The molecule has 1 saturated heterocycles. The van der Waals surface area contributed by atoms with Crippen molar-refractivity contribution in [2.75, 3.05) is 31.1 Å². The fourth-order valence-corrected chi connectivity index (χ4v) is 3.05. The van der Waals surface area contributed by atoms with Gasteiger partial charge in [-0.05, 0) is 12.0 Å². The Hall–Kier alpha value is -2.27. The van der Waals surface area contributed by atoms with Crippen molar-refractivity contribution < 1.29 is 0 Å². The highest BCUT2D eigenvalue weighted by molar-refractivity contribution is 5.29. The van der Waals surface area contributed by atoms with Crippen LogP contribution in [0.5, 0.6) is 0 Å². The largest absolute Gasteiger partial charge is 0.338 e. The highest BCUT2D eigenvalue weighted by Gasteiger charge is 2.19. The standard InChI is InChI=1S/C19H24N4O/c1-15(2)17-7-4-3-6-16(18(17)24)14-22-10-12-23(13-11-22)19-20-8-5-9-21-19/h3-9,15H,10-14H2,1-2H3. The number of hydrogen-bond acceptors (Lipinski definition) is 5. The Kier molecular flexibility index (Phi) is 5.20. The van der Waals surface area contributed by atoms with E-state index < -0.39 is 0 Å². The molecular formula is C19H24N4O. The highest BCUT2D eigenvalue weighted by atomic mass is 16.1. The molecule has 0 atom stereocenters. The van der Waals surface area contributed by atoms with Gasteiger partial charge in [0.1, 0.15) is 0 Å². The molecule has 1 aromatic heterocycles. The minimum absolute atomic E-state index is 0.184. The van der Waals surface area contributed by atoms with Crippen molar-refractivity contribution in [3.63, 3.8) is 0 Å². The summed E-state index contributed by atoms with van der Waals surface area (Å²) in [6, 6.07) is 9.67. The Bertz CT molecular complexity index is 725. The van der Waals surface area contributed by atoms with E-state index in [2.05, 4.69) is 33.6 Å². The fourth-order valence-electron chi connectivity index (χ4n) is 3.05. The molecule has 5 nitrogen and oxygen atoms in total. The van der Waals surface area contributed by atoms with Crippen molar-refractivity contribution in [1.82, 2.24) is 14.9 Å². The molecule has 0 aliphatic carbocycles. The molecule has 1 aliphatic heterocycles. The molecule has 3 rings (SSSR count). The first-order chi connectivity index (χ1) is 11.6. The van der Waals surface area contributed by atoms with Gasteiger partial charge >= 0.3 is 0 Å². The van der Waals surface area contributed by atoms with E-state index in [1.165, 1.54) is 0 Å². The molecule has 1 aromatic carbocycles. The third-order valence-corrected chi connectivity index (χ3v) is 4.46. The van der Waals surface area contributed by atoms with Crippen molar-refractivity contribution in [3.05, 3.63) is 64.1 Å². The van der Waals surface area contributed by atoms with Gasteiger partial charge in [0.05, 0.1) is 0 Å². The molecule has 0 unspecified atom stereocenters. The second kappa shape index (κ2) is 7.53. The Morgan fingerprint density at radius 1 is 1.00 bits per heavy atom. The predicted molar refractivity (Wildman–Crippen MR) is 96.3 cm³/mol. The summed E-state index contributed by atoms with van der Waals surface area (Å²) in [7, 11) is 0. The van der Waals surface area contributed by atoms with Crippen LogP contribution in [0.4, 0.5) is 5.95 Å². The van der Waals surface area contributed by atoms with Gasteiger partial charge in [0.25, 0.3) is 0 Å². The monoisotopic (exact) mass is 324 g/mol. The lowest BCUT2D eigenvalue weighted by Gasteiger charge is -2.34. The van der Waals surface area contributed by atoms with Crippen molar-refractivity contribution in [2.24, 2.45) is 0 Å². The smallest absolute Gasteiger partial charge is 0.225 e. The summed E-state index contributed by atoms with van der Waals surface area (Å²) in [6.45, 7) is 8.43. The Morgan fingerprint density at radius 3 is 2.33 bits per heavy atom. The quantitative estimate of drug-likeness (QED) is 0.863. The summed E-state index contributed by atoms with van der Waals surface area (Å²) < 4.78 is 0. The summed E-state index contributed by atoms with van der Waals surface area (Å²) in [5, 5.41) is 0. The zero-order valence-corrected chi connectivity index (χ0v) is 14.4. The molecule has 5 heteroatoms. The number of rotatable bonds is 4. The van der Waals surface area contributed by atoms with Crippen LogP contribution >= 0.6 is 0 Å². The van der Waals surface area contributed by atoms with Gasteiger partial charge in [0.15, 0.2) is 5.43 Å². The molecule has 2 aromatic rings. The normalized spacial score (nSPS) is 15.7. The first kappa shape index (κ1) is 16.6. The van der Waals surface area contributed by atoms with E-state index in [1.54, 1.807) is 12.4 Å². The topological polar surface area (TPSA) is 49.3 Å². The van der Waals surface area contributed by atoms with Gasteiger partial charge < -0.3 is 4.90 Å². The van der Waals surface area contributed by atoms with Gasteiger partial charge in [0, 0.05) is 56.2 Å². The van der Waals surface area contributed by atoms with Gasteiger partial charge in [-0.25, -0.2) is 9.97 Å². The van der Waals surface area contributed by atoms with E-state index in [0.717, 1.165) is 43.3 Å². The number of hydrogen-bond donors (Lipinski definition) is 0. The molecule has 0 amide bonds. The molecule has 126 valence electrons. The van der Waals surface area contributed by atoms with Crippen LogP contribution in [0.25, 0.3) is 0 Å². The maximum atomic E-state index is 12.7. The number of piperazine rings is 1. The van der Waals surface area contributed by atoms with Gasteiger partial charge in [-0.1, -0.05) is 38.1 Å². The summed E-state index contributed by atoms with van der Waals surface area (Å²) in [5.74, 6) is 1.03. The predicted octanol–water partition coefficient (Wildman–Crippen LogP) is 2.28. The van der Waals surface area contributed by atoms with Gasteiger partial charge in [-0.2, -0.15) is 0 Å². The molecular weight excluding hydrogens is 300 g/mol. The average molecular weight is 324 g/mol. The van der Waals surface area contributed by atoms with Gasteiger partial charge in [-0.3, -0.25) is 9.69 Å². The third kappa shape index (κ3) is 3.79. The van der Waals surface area contributed by atoms with E-state index in [4.69, 9.17) is 0 Å². The number of nitrogens with zero attached hydrogens (tertiary/aromatic N) is 4.